The Kier molecular flexibility index (Phi) is 9.01. The van der Waals surface area contributed by atoms with Gasteiger partial charge >= 0.3 is 5.97 Å². The first-order valence-electron chi connectivity index (χ1n) is 14.0. The van der Waals surface area contributed by atoms with Gasteiger partial charge in [0.2, 0.25) is 0 Å². The van der Waals surface area contributed by atoms with Crippen LogP contribution in [0.4, 0.5) is 8.78 Å². The Hall–Kier alpha value is -3.62. The topological polar surface area (TPSA) is 99.1 Å². The Balaban J connectivity index is 1.68. The Labute approximate surface area is 233 Å². The number of nitrogens with one attached hydrogen (secondary N) is 1. The SMILES string of the molecule is CCCC(c1ccc(C(=O)NCCC(=O)O)cc1)N1C(=O)C(c2cc(F)cc(F)c2)=NC12CCC(C(C)C)CC2. The summed E-state index contributed by atoms with van der Waals surface area (Å²) in [6.45, 7) is 6.45. The van der Waals surface area contributed by atoms with E-state index in [-0.39, 0.29) is 42.1 Å². The highest BCUT2D eigenvalue weighted by molar-refractivity contribution is 6.46. The highest BCUT2D eigenvalue weighted by atomic mass is 19.1. The van der Waals surface area contributed by atoms with Crippen LogP contribution in [0.5, 0.6) is 0 Å². The molecule has 9 heteroatoms. The molecule has 214 valence electrons. The second-order valence-corrected chi connectivity index (χ2v) is 11.2. The first-order chi connectivity index (χ1) is 19.0. The lowest BCUT2D eigenvalue weighted by atomic mass is 9.76. The van der Waals surface area contributed by atoms with E-state index in [1.165, 1.54) is 0 Å². The maximum Gasteiger partial charge on any atom is 0.305 e. The zero-order valence-electron chi connectivity index (χ0n) is 23.3. The highest BCUT2D eigenvalue weighted by Crippen LogP contribution is 2.48. The zero-order chi connectivity index (χ0) is 29.0. The molecule has 1 fully saturated rings. The molecule has 2 aromatic rings. The summed E-state index contributed by atoms with van der Waals surface area (Å²) in [5.74, 6) is -2.22. The number of halogens is 2. The van der Waals surface area contributed by atoms with Crippen LogP contribution < -0.4 is 5.32 Å². The normalized spacial score (nSPS) is 21.6. The lowest BCUT2D eigenvalue weighted by Gasteiger charge is -2.46. The maximum absolute atomic E-state index is 14.2. The number of benzene rings is 2. The second-order valence-electron chi connectivity index (χ2n) is 11.2. The van der Waals surface area contributed by atoms with E-state index in [2.05, 4.69) is 19.2 Å². The van der Waals surface area contributed by atoms with Crippen molar-refractivity contribution in [3.05, 3.63) is 70.8 Å². The Bertz CT molecular complexity index is 1260. The molecule has 0 bridgehead atoms. The summed E-state index contributed by atoms with van der Waals surface area (Å²) in [5, 5.41) is 11.4. The number of amides is 2. The van der Waals surface area contributed by atoms with Crippen LogP contribution >= 0.6 is 0 Å². The largest absolute Gasteiger partial charge is 0.481 e. The zero-order valence-corrected chi connectivity index (χ0v) is 23.3. The third-order valence-electron chi connectivity index (χ3n) is 8.16. The van der Waals surface area contributed by atoms with E-state index in [0.29, 0.717) is 36.7 Å². The summed E-state index contributed by atoms with van der Waals surface area (Å²) in [6.07, 6.45) is 4.36. The predicted octanol–water partition coefficient (Wildman–Crippen LogP) is 5.88. The molecule has 1 spiro atoms. The molecule has 40 heavy (non-hydrogen) atoms. The monoisotopic (exact) mass is 553 g/mol. The van der Waals surface area contributed by atoms with Gasteiger partial charge in [0.05, 0.1) is 12.5 Å². The Morgan fingerprint density at radius 3 is 2.27 bits per heavy atom. The molecule has 2 aromatic carbocycles. The van der Waals surface area contributed by atoms with Gasteiger partial charge in [-0.25, -0.2) is 8.78 Å². The van der Waals surface area contributed by atoms with Crippen molar-refractivity contribution in [1.29, 1.82) is 0 Å². The minimum atomic E-state index is -0.993. The van der Waals surface area contributed by atoms with Crippen molar-refractivity contribution in [2.75, 3.05) is 6.54 Å². The van der Waals surface area contributed by atoms with Gasteiger partial charge in [-0.3, -0.25) is 19.4 Å². The Morgan fingerprint density at radius 2 is 1.73 bits per heavy atom. The molecule has 1 saturated carbocycles. The molecule has 2 N–H and O–H groups in total. The van der Waals surface area contributed by atoms with E-state index < -0.39 is 23.3 Å². The first kappa shape index (κ1) is 29.4. The number of hydrogen-bond donors (Lipinski definition) is 2. The molecule has 0 radical (unpaired) electrons. The molecule has 4 rings (SSSR count). The van der Waals surface area contributed by atoms with Crippen LogP contribution in [0.15, 0.2) is 47.5 Å². The summed E-state index contributed by atoms with van der Waals surface area (Å²) < 4.78 is 28.3. The minimum Gasteiger partial charge on any atom is -0.481 e. The van der Waals surface area contributed by atoms with E-state index in [1.807, 2.05) is 24.0 Å². The highest BCUT2D eigenvalue weighted by Gasteiger charge is 2.52. The standard InChI is InChI=1S/C31H37F2N3O4/c1-4-5-26(21-6-8-22(9-7-21)29(39)34-15-12-27(37)38)36-30(40)28(23-16-24(32)18-25(33)17-23)35-31(36)13-10-20(11-14-31)19(2)3/h6-9,16-20,26H,4-5,10-15H2,1-3H3,(H,34,39)(H,37,38). The summed E-state index contributed by atoms with van der Waals surface area (Å²) in [6, 6.07) is 9.70. The fraction of sp³-hybridized carbons (Fsp3) is 0.484. The molecular weight excluding hydrogens is 516 g/mol. The van der Waals surface area contributed by atoms with Gasteiger partial charge in [-0.05, 0) is 73.8 Å². The van der Waals surface area contributed by atoms with Crippen molar-refractivity contribution < 1.29 is 28.3 Å². The van der Waals surface area contributed by atoms with Crippen molar-refractivity contribution in [3.8, 4) is 0 Å². The van der Waals surface area contributed by atoms with E-state index >= 15 is 0 Å². The van der Waals surface area contributed by atoms with E-state index in [1.54, 1.807) is 12.1 Å². The maximum atomic E-state index is 14.2. The molecular formula is C31H37F2N3O4. The van der Waals surface area contributed by atoms with Crippen LogP contribution in [-0.4, -0.2) is 45.7 Å². The number of nitrogens with zero attached hydrogens (tertiary/aromatic N) is 2. The van der Waals surface area contributed by atoms with Crippen LogP contribution in [-0.2, 0) is 9.59 Å². The summed E-state index contributed by atoms with van der Waals surface area (Å²) in [7, 11) is 0. The molecule has 0 aromatic heterocycles. The van der Waals surface area contributed by atoms with Crippen molar-refractivity contribution in [1.82, 2.24) is 10.2 Å². The molecule has 1 aliphatic heterocycles. The minimum absolute atomic E-state index is 0.0251. The van der Waals surface area contributed by atoms with Crippen LogP contribution in [0.2, 0.25) is 0 Å². The molecule has 1 unspecified atom stereocenters. The number of rotatable bonds is 10. The number of carboxylic acid groups (broad SMARTS) is 1. The van der Waals surface area contributed by atoms with Crippen LogP contribution in [0.3, 0.4) is 0 Å². The Morgan fingerprint density at radius 1 is 1.10 bits per heavy atom. The van der Waals surface area contributed by atoms with E-state index in [4.69, 9.17) is 10.1 Å². The van der Waals surface area contributed by atoms with Crippen LogP contribution in [0.1, 0.15) is 93.2 Å². The van der Waals surface area contributed by atoms with Gasteiger partial charge in [0.25, 0.3) is 11.8 Å². The first-order valence-corrected chi connectivity index (χ1v) is 14.0. The third kappa shape index (κ3) is 6.24. The van der Waals surface area contributed by atoms with Gasteiger partial charge in [-0.15, -0.1) is 0 Å². The van der Waals surface area contributed by atoms with E-state index in [0.717, 1.165) is 43.0 Å². The lowest BCUT2D eigenvalue weighted by Crippen LogP contribution is -2.51. The van der Waals surface area contributed by atoms with Crippen molar-refractivity contribution >= 4 is 23.5 Å². The summed E-state index contributed by atoms with van der Waals surface area (Å²) >= 11 is 0. The molecule has 0 saturated heterocycles. The number of carboxylic acids is 1. The van der Waals surface area contributed by atoms with E-state index in [9.17, 15) is 23.2 Å². The fourth-order valence-corrected chi connectivity index (χ4v) is 6.00. The van der Waals surface area contributed by atoms with Gasteiger partial charge in [0, 0.05) is 23.7 Å². The van der Waals surface area contributed by atoms with Gasteiger partial charge in [-0.1, -0.05) is 39.3 Å². The number of carbonyl (C=O) groups is 3. The molecule has 1 heterocycles. The number of aliphatic imine (C=N–C) groups is 1. The van der Waals surface area contributed by atoms with Gasteiger partial charge in [0.1, 0.15) is 23.0 Å². The average Bonchev–Trinajstić information content (AvgIpc) is 3.18. The quantitative estimate of drug-likeness (QED) is 0.384. The smallest absolute Gasteiger partial charge is 0.305 e. The summed E-state index contributed by atoms with van der Waals surface area (Å²) in [4.78, 5) is 44.1. The number of aliphatic carboxylic acids is 1. The van der Waals surface area contributed by atoms with Crippen molar-refractivity contribution in [2.24, 2.45) is 16.8 Å². The number of carbonyl (C=O) groups excluding carboxylic acids is 2. The third-order valence-corrected chi connectivity index (χ3v) is 8.16. The van der Waals surface area contributed by atoms with Crippen LogP contribution in [0.25, 0.3) is 0 Å². The van der Waals surface area contributed by atoms with Gasteiger partial charge < -0.3 is 15.3 Å². The van der Waals surface area contributed by atoms with Gasteiger partial charge in [-0.2, -0.15) is 0 Å². The van der Waals surface area contributed by atoms with Crippen molar-refractivity contribution in [3.63, 3.8) is 0 Å². The lowest BCUT2D eigenvalue weighted by molar-refractivity contribution is -0.137. The molecule has 2 amide bonds. The van der Waals surface area contributed by atoms with Crippen molar-refractivity contribution in [2.45, 2.75) is 77.4 Å². The molecule has 7 nitrogen and oxygen atoms in total. The molecule has 2 aliphatic rings. The fourth-order valence-electron chi connectivity index (χ4n) is 6.00. The number of hydrogen-bond acceptors (Lipinski definition) is 4. The molecule has 1 atom stereocenters. The van der Waals surface area contributed by atoms with Gasteiger partial charge in [0.15, 0.2) is 0 Å². The average molecular weight is 554 g/mol. The second kappa shape index (κ2) is 12.3. The summed E-state index contributed by atoms with van der Waals surface area (Å²) in [5.41, 5.74) is 0.629. The predicted molar refractivity (Wildman–Crippen MR) is 148 cm³/mol. The molecule has 1 aliphatic carbocycles. The van der Waals surface area contributed by atoms with Crippen LogP contribution in [0, 0.1) is 23.5 Å².